The lowest BCUT2D eigenvalue weighted by atomic mass is 10.1. The molecule has 0 aliphatic rings. The maximum atomic E-state index is 13.5. The van der Waals surface area contributed by atoms with Gasteiger partial charge >= 0.3 is 6.08 Å². The molecule has 290 valence electrons. The van der Waals surface area contributed by atoms with E-state index in [1.165, 1.54) is 30.3 Å². The van der Waals surface area contributed by atoms with Crippen molar-refractivity contribution in [3.63, 3.8) is 0 Å². The van der Waals surface area contributed by atoms with Crippen molar-refractivity contribution in [2.75, 3.05) is 5.32 Å². The number of anilines is 2. The van der Waals surface area contributed by atoms with E-state index in [2.05, 4.69) is 35.7 Å². The highest BCUT2D eigenvalue weighted by Crippen LogP contribution is 2.40. The van der Waals surface area contributed by atoms with Crippen LogP contribution in [0.2, 0.25) is 0 Å². The Morgan fingerprint density at radius 2 is 1.11 bits per heavy atom. The first-order chi connectivity index (χ1) is 26.0. The third-order valence-corrected chi connectivity index (χ3v) is 11.1. The van der Waals surface area contributed by atoms with Gasteiger partial charge in [-0.05, 0) is 84.6 Å². The van der Waals surface area contributed by atoms with Gasteiger partial charge in [0.05, 0.1) is 37.4 Å². The Morgan fingerprint density at radius 3 is 1.68 bits per heavy atom. The Bertz CT molecular complexity index is 3140. The third-order valence-electron chi connectivity index (χ3n) is 7.72. The van der Waals surface area contributed by atoms with Gasteiger partial charge in [0.1, 0.15) is 10.7 Å². The van der Waals surface area contributed by atoms with Gasteiger partial charge in [-0.25, -0.2) is 0 Å². The molecule has 19 nitrogen and oxygen atoms in total. The molecule has 1 heterocycles. The largest absolute Gasteiger partial charge is 0.340 e. The zero-order chi connectivity index (χ0) is 41.0. The normalized spacial score (nSPS) is 13.0. The van der Waals surface area contributed by atoms with Crippen molar-refractivity contribution >= 4 is 96.3 Å². The number of nitrogens with zero attached hydrogens (tertiary/aromatic N) is 6. The Morgan fingerprint density at radius 1 is 0.554 bits per heavy atom. The Balaban J connectivity index is 1.47. The van der Waals surface area contributed by atoms with Crippen LogP contribution in [0.25, 0.3) is 21.5 Å². The van der Waals surface area contributed by atoms with Crippen LogP contribution in [0.1, 0.15) is 5.56 Å². The average Bonchev–Trinajstić information content (AvgIpc) is 3.07. The van der Waals surface area contributed by atoms with Crippen molar-refractivity contribution in [1.82, 2.24) is 9.97 Å². The molecular weight excluding hydrogens is 829 g/mol. The second-order valence-corrected chi connectivity index (χ2v) is 17.2. The first-order valence-electron chi connectivity index (χ1n) is 15.0. The summed E-state index contributed by atoms with van der Waals surface area (Å²) >= 11 is 0. The number of fused-ring (bicyclic) bond motifs is 2. The number of halogens is 2. The summed E-state index contributed by atoms with van der Waals surface area (Å²) in [5, 5.41) is 18.1. The minimum absolute atomic E-state index is 0.0557. The molecule has 0 fully saturated rings. The highest BCUT2D eigenvalue weighted by molar-refractivity contribution is 7.87. The van der Waals surface area contributed by atoms with E-state index in [4.69, 9.17) is 0 Å². The molecule has 25 heteroatoms. The third kappa shape index (κ3) is 8.68. The van der Waals surface area contributed by atoms with Crippen LogP contribution in [-0.4, -0.2) is 61.9 Å². The molecule has 0 radical (unpaired) electrons. The van der Waals surface area contributed by atoms with Gasteiger partial charge in [-0.2, -0.15) is 57.5 Å². The first kappa shape index (κ1) is 39.9. The topological polar surface area (TPSA) is 305 Å². The molecule has 0 saturated carbocycles. The van der Waals surface area contributed by atoms with Crippen LogP contribution in [0.15, 0.2) is 119 Å². The molecule has 56 heavy (non-hydrogen) atoms. The van der Waals surface area contributed by atoms with Gasteiger partial charge in [0.25, 0.3) is 40.5 Å². The zero-order valence-electron chi connectivity index (χ0n) is 27.6. The van der Waals surface area contributed by atoms with Crippen molar-refractivity contribution in [2.45, 2.75) is 26.5 Å². The van der Waals surface area contributed by atoms with Gasteiger partial charge in [0.2, 0.25) is 5.95 Å². The van der Waals surface area contributed by atoms with Crippen LogP contribution in [-0.2, 0) is 40.5 Å². The Kier molecular flexibility index (Phi) is 10.2. The highest BCUT2D eigenvalue weighted by Gasteiger charge is 2.25. The van der Waals surface area contributed by atoms with Crippen molar-refractivity contribution in [3.8, 4) is 0 Å². The van der Waals surface area contributed by atoms with Crippen molar-refractivity contribution < 1.29 is 60.7 Å². The predicted octanol–water partition coefficient (Wildman–Crippen LogP) is 6.93. The summed E-state index contributed by atoms with van der Waals surface area (Å²) in [7, 11) is -20.4. The lowest BCUT2D eigenvalue weighted by Gasteiger charge is -2.11. The van der Waals surface area contributed by atoms with E-state index in [-0.39, 0.29) is 28.0 Å². The molecule has 1 aromatic heterocycles. The smallest absolute Gasteiger partial charge is 0.313 e. The van der Waals surface area contributed by atoms with E-state index in [1.54, 1.807) is 13.0 Å². The molecular formula is C31H21F2N7O12S4. The standard InChI is InChI=1S/C31H21F2N7O12S4/c1-15-8-17(34-29-14-28(32)35-31(33)36-29)2-5-23(15)37-38-24-6-7-25(22-11-18(53(41,42)43)3-4-21(22)24)39-40-26-12-19(54(44,45)46)9-16-10-20(55(47,48)49)13-27(30(16)26)56(50,51)52/h2-14H,1H3,(H,34,35,36)(H,41,42,43)(H,44,45,46)(H,47,48,49)(H,50,51,52). The molecule has 0 unspecified atom stereocenters. The molecule has 0 aliphatic heterocycles. The number of hydrogen-bond donors (Lipinski definition) is 5. The van der Waals surface area contributed by atoms with E-state index in [1.807, 2.05) is 0 Å². The Hall–Kier alpha value is -5.80. The first-order valence-corrected chi connectivity index (χ1v) is 20.7. The van der Waals surface area contributed by atoms with E-state index < -0.39 is 88.5 Å². The fourth-order valence-electron chi connectivity index (χ4n) is 5.27. The van der Waals surface area contributed by atoms with E-state index in [9.17, 15) is 60.7 Å². The van der Waals surface area contributed by atoms with E-state index >= 15 is 0 Å². The van der Waals surface area contributed by atoms with E-state index in [0.29, 0.717) is 41.2 Å². The van der Waals surface area contributed by atoms with Gasteiger partial charge < -0.3 is 5.32 Å². The molecule has 6 aromatic rings. The fourth-order valence-corrected chi connectivity index (χ4v) is 7.69. The molecule has 0 spiro atoms. The summed E-state index contributed by atoms with van der Waals surface area (Å²) in [6.07, 6.45) is -1.28. The number of azo groups is 2. The van der Waals surface area contributed by atoms with Gasteiger partial charge in [-0.15, -0.1) is 15.3 Å². The lowest BCUT2D eigenvalue weighted by Crippen LogP contribution is -2.05. The van der Waals surface area contributed by atoms with Crippen LogP contribution in [0.5, 0.6) is 0 Å². The summed E-state index contributed by atoms with van der Waals surface area (Å²) in [6, 6.07) is 13.6. The van der Waals surface area contributed by atoms with Crippen LogP contribution in [0, 0.1) is 18.9 Å². The number of aryl methyl sites for hydroxylation is 1. The van der Waals surface area contributed by atoms with Gasteiger partial charge in [-0.1, -0.05) is 6.07 Å². The molecule has 5 aromatic carbocycles. The fraction of sp³-hybridized carbons (Fsp3) is 0.0323. The minimum Gasteiger partial charge on any atom is -0.340 e. The molecule has 0 aliphatic carbocycles. The zero-order valence-corrected chi connectivity index (χ0v) is 30.9. The highest BCUT2D eigenvalue weighted by atomic mass is 32.2. The summed E-state index contributed by atoms with van der Waals surface area (Å²) in [5.41, 5.74) is 0.482. The van der Waals surface area contributed by atoms with Gasteiger partial charge in [0.15, 0.2) is 0 Å². The molecule has 0 saturated heterocycles. The molecule has 6 rings (SSSR count). The second-order valence-electron chi connectivity index (χ2n) is 11.5. The Labute approximate surface area is 314 Å². The number of nitrogens with one attached hydrogen (secondary N) is 1. The van der Waals surface area contributed by atoms with Crippen LogP contribution in [0.3, 0.4) is 0 Å². The van der Waals surface area contributed by atoms with Gasteiger partial charge in [0, 0.05) is 27.9 Å². The molecule has 5 N–H and O–H groups in total. The number of hydrogen-bond acceptors (Lipinski definition) is 15. The predicted molar refractivity (Wildman–Crippen MR) is 192 cm³/mol. The van der Waals surface area contributed by atoms with Crippen LogP contribution >= 0.6 is 0 Å². The minimum atomic E-state index is -5.32. The molecule has 0 atom stereocenters. The maximum Gasteiger partial charge on any atom is 0.313 e. The molecule has 0 amide bonds. The van der Waals surface area contributed by atoms with Crippen molar-refractivity contribution in [2.24, 2.45) is 20.5 Å². The number of aromatic nitrogens is 2. The monoisotopic (exact) mass is 849 g/mol. The maximum absolute atomic E-state index is 13.5. The lowest BCUT2D eigenvalue weighted by molar-refractivity contribution is 0.479. The van der Waals surface area contributed by atoms with Crippen LogP contribution in [0.4, 0.5) is 43.0 Å². The van der Waals surface area contributed by atoms with Crippen LogP contribution < -0.4 is 5.32 Å². The SMILES string of the molecule is Cc1cc(Nc2cc(F)nc(F)n2)ccc1N=Nc1ccc(N=Nc2cc(S(=O)(=O)O)cc3cc(S(=O)(=O)O)cc(S(=O)(=O)O)c23)c2cc(S(=O)(=O)O)ccc12. The average molecular weight is 850 g/mol. The molecule has 0 bridgehead atoms. The van der Waals surface area contributed by atoms with Crippen molar-refractivity contribution in [3.05, 3.63) is 96.5 Å². The summed E-state index contributed by atoms with van der Waals surface area (Å²) in [5.74, 6) is -1.24. The van der Waals surface area contributed by atoms with Gasteiger partial charge in [-0.3, -0.25) is 18.2 Å². The quantitative estimate of drug-likeness (QED) is 0.0404. The summed E-state index contributed by atoms with van der Waals surface area (Å²) in [4.78, 5) is 2.63. The number of benzene rings is 5. The summed E-state index contributed by atoms with van der Waals surface area (Å²) in [6.45, 7) is 1.65. The van der Waals surface area contributed by atoms with Crippen molar-refractivity contribution in [1.29, 1.82) is 0 Å². The van der Waals surface area contributed by atoms with E-state index in [0.717, 1.165) is 18.2 Å². The number of rotatable bonds is 10. The second kappa shape index (κ2) is 14.4. The summed E-state index contributed by atoms with van der Waals surface area (Å²) < 4.78 is 163.